The zero-order valence-electron chi connectivity index (χ0n) is 13.3. The molecule has 118 valence electrons. The van der Waals surface area contributed by atoms with Gasteiger partial charge >= 0.3 is 0 Å². The minimum atomic E-state index is 0.241. The van der Waals surface area contributed by atoms with Crippen LogP contribution in [-0.2, 0) is 11.3 Å². The second kappa shape index (κ2) is 8.14. The normalized spacial score (nSPS) is 16.9. The number of likely N-dealkylation sites (tertiary alicyclic amines) is 1. The van der Waals surface area contributed by atoms with Crippen LogP contribution < -0.4 is 10.1 Å². The predicted octanol–water partition coefficient (Wildman–Crippen LogP) is 1.92. The number of piperidine rings is 1. The molecule has 6 heteroatoms. The van der Waals surface area contributed by atoms with Crippen molar-refractivity contribution in [2.24, 2.45) is 0 Å². The third kappa shape index (κ3) is 5.13. The number of anilines is 1. The number of ether oxygens (including phenoxy) is 2. The third-order valence-electron chi connectivity index (χ3n) is 3.53. The highest BCUT2D eigenvalue weighted by atomic mass is 16.5. The van der Waals surface area contributed by atoms with Crippen molar-refractivity contribution in [3.8, 4) is 5.88 Å². The van der Waals surface area contributed by atoms with E-state index in [0.29, 0.717) is 18.3 Å². The minimum Gasteiger partial charge on any atom is -0.474 e. The molecule has 1 aliphatic heterocycles. The molecule has 2 heterocycles. The first-order valence-corrected chi connectivity index (χ1v) is 7.67. The van der Waals surface area contributed by atoms with Crippen LogP contribution in [0.3, 0.4) is 0 Å². The Labute approximate surface area is 126 Å². The second-order valence-electron chi connectivity index (χ2n) is 5.49. The Morgan fingerprint density at radius 3 is 2.76 bits per heavy atom. The quantitative estimate of drug-likeness (QED) is 0.829. The second-order valence-corrected chi connectivity index (χ2v) is 5.49. The van der Waals surface area contributed by atoms with E-state index in [9.17, 15) is 0 Å². The zero-order valence-corrected chi connectivity index (χ0v) is 13.3. The van der Waals surface area contributed by atoms with Gasteiger partial charge < -0.3 is 19.7 Å². The summed E-state index contributed by atoms with van der Waals surface area (Å²) in [6, 6.07) is 1.88. The van der Waals surface area contributed by atoms with E-state index in [2.05, 4.69) is 34.2 Å². The molecule has 1 N–H and O–H groups in total. The number of methoxy groups -OCH3 is 1. The summed E-state index contributed by atoms with van der Waals surface area (Å²) in [5, 5.41) is 3.28. The van der Waals surface area contributed by atoms with Crippen molar-refractivity contribution in [1.82, 2.24) is 14.9 Å². The molecule has 1 aliphatic rings. The standard InChI is InChI=1S/C15H26N4O2/c1-4-7-16-13-10-15(18-14(17-13)11-20-3)21-12-5-8-19(2)9-6-12/h10,12H,4-9,11H2,1-3H3,(H,16,17,18). The Morgan fingerprint density at radius 2 is 2.10 bits per heavy atom. The van der Waals surface area contributed by atoms with Crippen LogP contribution in [0.15, 0.2) is 6.07 Å². The molecule has 0 atom stereocenters. The molecule has 0 amide bonds. The van der Waals surface area contributed by atoms with E-state index in [1.165, 1.54) is 0 Å². The molecule has 0 spiro atoms. The largest absolute Gasteiger partial charge is 0.474 e. The van der Waals surface area contributed by atoms with E-state index in [0.717, 1.165) is 44.7 Å². The zero-order chi connectivity index (χ0) is 15.1. The van der Waals surface area contributed by atoms with Crippen molar-refractivity contribution in [3.05, 3.63) is 11.9 Å². The van der Waals surface area contributed by atoms with Crippen LogP contribution in [0.2, 0.25) is 0 Å². The average Bonchev–Trinajstić information content (AvgIpc) is 2.48. The molecule has 1 aromatic rings. The maximum Gasteiger partial charge on any atom is 0.219 e. The molecular weight excluding hydrogens is 268 g/mol. The first kappa shape index (κ1) is 16.0. The smallest absolute Gasteiger partial charge is 0.219 e. The van der Waals surface area contributed by atoms with E-state index < -0.39 is 0 Å². The van der Waals surface area contributed by atoms with Crippen LogP contribution in [0.1, 0.15) is 32.0 Å². The number of nitrogens with zero attached hydrogens (tertiary/aromatic N) is 3. The summed E-state index contributed by atoms with van der Waals surface area (Å²) in [6.45, 7) is 5.55. The van der Waals surface area contributed by atoms with Crippen molar-refractivity contribution in [2.75, 3.05) is 39.1 Å². The topological polar surface area (TPSA) is 59.5 Å². The lowest BCUT2D eigenvalue weighted by molar-refractivity contribution is 0.108. The van der Waals surface area contributed by atoms with Gasteiger partial charge in [-0.05, 0) is 26.3 Å². The van der Waals surface area contributed by atoms with Crippen LogP contribution in [0.25, 0.3) is 0 Å². The van der Waals surface area contributed by atoms with E-state index in [1.54, 1.807) is 7.11 Å². The van der Waals surface area contributed by atoms with Crippen LogP contribution in [0.4, 0.5) is 5.82 Å². The molecule has 0 radical (unpaired) electrons. The van der Waals surface area contributed by atoms with E-state index in [-0.39, 0.29) is 6.10 Å². The van der Waals surface area contributed by atoms with Crippen molar-refractivity contribution >= 4 is 5.82 Å². The number of rotatable bonds is 7. The Balaban J connectivity index is 2.03. The lowest BCUT2D eigenvalue weighted by Crippen LogP contribution is -2.35. The van der Waals surface area contributed by atoms with Crippen LogP contribution in [0.5, 0.6) is 5.88 Å². The van der Waals surface area contributed by atoms with Crippen LogP contribution in [-0.4, -0.2) is 54.8 Å². The fourth-order valence-corrected chi connectivity index (χ4v) is 2.34. The van der Waals surface area contributed by atoms with Gasteiger partial charge in [0.25, 0.3) is 0 Å². The van der Waals surface area contributed by atoms with Crippen molar-refractivity contribution in [3.63, 3.8) is 0 Å². The van der Waals surface area contributed by atoms with Gasteiger partial charge in [-0.3, -0.25) is 0 Å². The van der Waals surface area contributed by atoms with Gasteiger partial charge in [0.2, 0.25) is 5.88 Å². The molecule has 0 unspecified atom stereocenters. The molecule has 1 saturated heterocycles. The maximum absolute atomic E-state index is 6.04. The third-order valence-corrected chi connectivity index (χ3v) is 3.53. The molecule has 0 bridgehead atoms. The molecule has 2 rings (SSSR count). The summed E-state index contributed by atoms with van der Waals surface area (Å²) in [5.41, 5.74) is 0. The van der Waals surface area contributed by atoms with Crippen molar-refractivity contribution < 1.29 is 9.47 Å². The SMILES string of the molecule is CCCNc1cc(OC2CCN(C)CC2)nc(COC)n1. The summed E-state index contributed by atoms with van der Waals surface area (Å²) in [4.78, 5) is 11.2. The number of nitrogens with one attached hydrogen (secondary N) is 1. The first-order valence-electron chi connectivity index (χ1n) is 7.67. The van der Waals surface area contributed by atoms with Gasteiger partial charge in [0, 0.05) is 32.8 Å². The predicted molar refractivity (Wildman–Crippen MR) is 82.7 cm³/mol. The van der Waals surface area contributed by atoms with Gasteiger partial charge in [-0.25, -0.2) is 4.98 Å². The minimum absolute atomic E-state index is 0.241. The highest BCUT2D eigenvalue weighted by molar-refractivity contribution is 5.38. The van der Waals surface area contributed by atoms with Gasteiger partial charge in [-0.1, -0.05) is 6.92 Å². The van der Waals surface area contributed by atoms with E-state index >= 15 is 0 Å². The maximum atomic E-state index is 6.04. The number of hydrogen-bond acceptors (Lipinski definition) is 6. The van der Waals surface area contributed by atoms with Gasteiger partial charge in [-0.2, -0.15) is 4.98 Å². The van der Waals surface area contributed by atoms with Crippen molar-refractivity contribution in [1.29, 1.82) is 0 Å². The fourth-order valence-electron chi connectivity index (χ4n) is 2.34. The summed E-state index contributed by atoms with van der Waals surface area (Å²) in [7, 11) is 3.79. The van der Waals surface area contributed by atoms with Crippen LogP contribution >= 0.6 is 0 Å². The summed E-state index contributed by atoms with van der Waals surface area (Å²) in [6.07, 6.45) is 3.37. The molecule has 0 saturated carbocycles. The highest BCUT2D eigenvalue weighted by Gasteiger charge is 2.19. The lowest BCUT2D eigenvalue weighted by Gasteiger charge is -2.29. The summed E-state index contributed by atoms with van der Waals surface area (Å²) in [5.74, 6) is 2.11. The van der Waals surface area contributed by atoms with Gasteiger partial charge in [0.1, 0.15) is 18.5 Å². The Kier molecular flexibility index (Phi) is 6.20. The summed E-state index contributed by atoms with van der Waals surface area (Å²) < 4.78 is 11.2. The first-order chi connectivity index (χ1) is 10.2. The monoisotopic (exact) mass is 294 g/mol. The van der Waals surface area contributed by atoms with E-state index in [4.69, 9.17) is 9.47 Å². The fraction of sp³-hybridized carbons (Fsp3) is 0.733. The Morgan fingerprint density at radius 1 is 1.33 bits per heavy atom. The molecular formula is C15H26N4O2. The Bertz CT molecular complexity index is 434. The van der Waals surface area contributed by atoms with Crippen molar-refractivity contribution in [2.45, 2.75) is 38.9 Å². The molecule has 6 nitrogen and oxygen atoms in total. The highest BCUT2D eigenvalue weighted by Crippen LogP contribution is 2.19. The molecule has 1 fully saturated rings. The molecule has 21 heavy (non-hydrogen) atoms. The van der Waals surface area contributed by atoms with Gasteiger partial charge in [0.15, 0.2) is 5.82 Å². The Hall–Kier alpha value is -1.40. The van der Waals surface area contributed by atoms with E-state index in [1.807, 2.05) is 6.07 Å². The molecule has 0 aromatic carbocycles. The lowest BCUT2D eigenvalue weighted by atomic mass is 10.1. The van der Waals surface area contributed by atoms with Gasteiger partial charge in [0.05, 0.1) is 0 Å². The van der Waals surface area contributed by atoms with Gasteiger partial charge in [-0.15, -0.1) is 0 Å². The van der Waals surface area contributed by atoms with Crippen LogP contribution in [0, 0.1) is 0 Å². The average molecular weight is 294 g/mol. The summed E-state index contributed by atoms with van der Waals surface area (Å²) >= 11 is 0. The molecule has 0 aliphatic carbocycles. The number of hydrogen-bond donors (Lipinski definition) is 1. The molecule has 1 aromatic heterocycles. The number of aromatic nitrogens is 2.